The van der Waals surface area contributed by atoms with Crippen molar-refractivity contribution in [3.05, 3.63) is 106 Å². The molecule has 38 heavy (non-hydrogen) atoms. The number of benzene rings is 3. The van der Waals surface area contributed by atoms with Gasteiger partial charge in [0.1, 0.15) is 0 Å². The molecule has 4 atom stereocenters. The molecule has 0 N–H and O–H groups in total. The number of ketones is 1. The maximum Gasteiger partial charge on any atom is 0.271 e. The van der Waals surface area contributed by atoms with Crippen molar-refractivity contribution >= 4 is 40.1 Å². The van der Waals surface area contributed by atoms with Crippen molar-refractivity contribution in [2.45, 2.75) is 26.7 Å². The number of imide groups is 1. The second-order valence-electron chi connectivity index (χ2n) is 10.2. The van der Waals surface area contributed by atoms with Crippen LogP contribution in [0.2, 0.25) is 0 Å². The van der Waals surface area contributed by atoms with Crippen LogP contribution in [0.5, 0.6) is 0 Å². The Morgan fingerprint density at radius 3 is 1.63 bits per heavy atom. The topological polar surface area (TPSA) is 97.6 Å². The highest BCUT2D eigenvalue weighted by molar-refractivity contribution is 6.34. The first-order valence-corrected chi connectivity index (χ1v) is 12.9. The summed E-state index contributed by atoms with van der Waals surface area (Å²) in [5, 5.41) is 11.4. The molecule has 7 heteroatoms. The molecule has 3 aromatic carbocycles. The second-order valence-corrected chi connectivity index (χ2v) is 10.2. The molecule has 3 aliphatic rings. The van der Waals surface area contributed by atoms with Gasteiger partial charge in [0.2, 0.25) is 11.8 Å². The van der Waals surface area contributed by atoms with E-state index in [-0.39, 0.29) is 17.2 Å². The molecule has 0 aromatic heterocycles. The number of Topliss-reactive ketones (excluding diaryl/α,β-unsaturated/α-hetero) is 1. The molecule has 1 saturated heterocycles. The van der Waals surface area contributed by atoms with E-state index in [2.05, 4.69) is 0 Å². The summed E-state index contributed by atoms with van der Waals surface area (Å²) in [6, 6.07) is 24.9. The number of non-ortho nitro benzene ring substituents is 1. The lowest BCUT2D eigenvalue weighted by Crippen LogP contribution is -2.41. The minimum Gasteiger partial charge on any atom is -0.298 e. The van der Waals surface area contributed by atoms with Crippen LogP contribution in [0, 0.1) is 32.8 Å². The maximum atomic E-state index is 14.7. The highest BCUT2D eigenvalue weighted by Gasteiger charge is 2.80. The standard InChI is InChI=1S/C31H26N2O5/c1-3-30-23(19-12-7-5-8-13-19)24(20-14-9-6-10-15-20)31(4-2,29(30)36)26-25(30)27(34)32(28(26)35)21-16-11-17-22(18-21)33(37)38/h5-18,25-26H,3-4H2,1-2H3/t25-,26-,30-,31+/m1/s1. The van der Waals surface area contributed by atoms with Gasteiger partial charge in [0.15, 0.2) is 5.78 Å². The van der Waals surface area contributed by atoms with E-state index >= 15 is 0 Å². The molecule has 2 aliphatic carbocycles. The van der Waals surface area contributed by atoms with Crippen LogP contribution >= 0.6 is 0 Å². The fourth-order valence-corrected chi connectivity index (χ4v) is 7.46. The van der Waals surface area contributed by atoms with Gasteiger partial charge < -0.3 is 0 Å². The van der Waals surface area contributed by atoms with E-state index in [0.717, 1.165) is 27.2 Å². The van der Waals surface area contributed by atoms with Gasteiger partial charge >= 0.3 is 0 Å². The third kappa shape index (κ3) is 2.76. The average Bonchev–Trinajstić information content (AvgIpc) is 3.45. The molecule has 2 amide bonds. The highest BCUT2D eigenvalue weighted by Crippen LogP contribution is 2.75. The Bertz CT molecular complexity index is 1460. The molecule has 1 aliphatic heterocycles. The molecule has 3 aromatic rings. The number of hydrogen-bond acceptors (Lipinski definition) is 5. The predicted molar refractivity (Wildman–Crippen MR) is 143 cm³/mol. The van der Waals surface area contributed by atoms with Crippen molar-refractivity contribution in [1.29, 1.82) is 0 Å². The number of allylic oxidation sites excluding steroid dienone is 2. The summed E-state index contributed by atoms with van der Waals surface area (Å²) < 4.78 is 0. The minimum atomic E-state index is -1.19. The van der Waals surface area contributed by atoms with Gasteiger partial charge in [-0.2, -0.15) is 0 Å². The Hall–Kier alpha value is -4.39. The third-order valence-corrected chi connectivity index (χ3v) is 8.86. The molecule has 0 unspecified atom stereocenters. The van der Waals surface area contributed by atoms with Gasteiger partial charge in [0, 0.05) is 12.1 Å². The Morgan fingerprint density at radius 2 is 1.21 bits per heavy atom. The van der Waals surface area contributed by atoms with Gasteiger partial charge in [0.05, 0.1) is 33.3 Å². The predicted octanol–water partition coefficient (Wildman–Crippen LogP) is 5.70. The summed E-state index contributed by atoms with van der Waals surface area (Å²) in [5.74, 6) is -2.76. The van der Waals surface area contributed by atoms with Crippen molar-refractivity contribution in [2.24, 2.45) is 22.7 Å². The van der Waals surface area contributed by atoms with Gasteiger partial charge in [-0.3, -0.25) is 24.5 Å². The minimum absolute atomic E-state index is 0.0666. The Kier molecular flexibility index (Phi) is 5.24. The van der Waals surface area contributed by atoms with Crippen LogP contribution < -0.4 is 4.90 Å². The maximum absolute atomic E-state index is 14.7. The molecule has 190 valence electrons. The molecule has 7 nitrogen and oxygen atoms in total. The lowest BCUT2D eigenvalue weighted by Gasteiger charge is -2.38. The van der Waals surface area contributed by atoms with Crippen LogP contribution in [0.3, 0.4) is 0 Å². The molecule has 1 saturated carbocycles. The van der Waals surface area contributed by atoms with Crippen LogP contribution in [0.1, 0.15) is 37.8 Å². The van der Waals surface area contributed by atoms with E-state index < -0.39 is 39.4 Å². The number of fused-ring (bicyclic) bond motifs is 5. The molecule has 2 fully saturated rings. The molecule has 0 spiro atoms. The van der Waals surface area contributed by atoms with Crippen molar-refractivity contribution in [1.82, 2.24) is 0 Å². The van der Waals surface area contributed by atoms with Crippen LogP contribution in [0.4, 0.5) is 11.4 Å². The average molecular weight is 507 g/mol. The van der Waals surface area contributed by atoms with E-state index in [1.54, 1.807) is 0 Å². The number of amides is 2. The molecule has 2 bridgehead atoms. The highest BCUT2D eigenvalue weighted by atomic mass is 16.6. The zero-order chi connectivity index (χ0) is 26.8. The van der Waals surface area contributed by atoms with E-state index in [1.165, 1.54) is 24.3 Å². The number of carbonyl (C=O) groups excluding carboxylic acids is 3. The van der Waals surface area contributed by atoms with Crippen molar-refractivity contribution < 1.29 is 19.3 Å². The van der Waals surface area contributed by atoms with Crippen molar-refractivity contribution in [3.8, 4) is 0 Å². The van der Waals surface area contributed by atoms with E-state index in [9.17, 15) is 24.5 Å². The van der Waals surface area contributed by atoms with Crippen LogP contribution in [-0.4, -0.2) is 22.5 Å². The summed E-state index contributed by atoms with van der Waals surface area (Å²) in [5.41, 5.74) is 0.959. The summed E-state index contributed by atoms with van der Waals surface area (Å²) >= 11 is 0. The smallest absolute Gasteiger partial charge is 0.271 e. The number of anilines is 1. The largest absolute Gasteiger partial charge is 0.298 e. The number of nitro groups is 1. The third-order valence-electron chi connectivity index (χ3n) is 8.86. The molecule has 6 rings (SSSR count). The van der Waals surface area contributed by atoms with E-state index in [0.29, 0.717) is 12.8 Å². The molecular formula is C31H26N2O5. The molecule has 1 heterocycles. The summed E-state index contributed by atoms with van der Waals surface area (Å²) in [7, 11) is 0. The van der Waals surface area contributed by atoms with Gasteiger partial charge in [-0.1, -0.05) is 80.6 Å². The second kappa shape index (κ2) is 8.31. The number of nitrogens with zero attached hydrogens (tertiary/aromatic N) is 2. The van der Waals surface area contributed by atoms with E-state index in [4.69, 9.17) is 0 Å². The van der Waals surface area contributed by atoms with Gasteiger partial charge in [-0.25, -0.2) is 4.90 Å². The monoisotopic (exact) mass is 506 g/mol. The Balaban J connectivity index is 1.65. The molecule has 0 radical (unpaired) electrons. The fourth-order valence-electron chi connectivity index (χ4n) is 7.46. The quantitative estimate of drug-likeness (QED) is 0.243. The lowest BCUT2D eigenvalue weighted by atomic mass is 9.60. The van der Waals surface area contributed by atoms with Crippen LogP contribution in [-0.2, 0) is 14.4 Å². The normalized spacial score (nSPS) is 27.8. The zero-order valence-electron chi connectivity index (χ0n) is 21.1. The first-order valence-electron chi connectivity index (χ1n) is 12.9. The zero-order valence-corrected chi connectivity index (χ0v) is 21.1. The van der Waals surface area contributed by atoms with Gasteiger partial charge in [0.25, 0.3) is 5.69 Å². The Labute approximate surface area is 219 Å². The number of nitro benzene ring substituents is 1. The number of carbonyl (C=O) groups is 3. The lowest BCUT2D eigenvalue weighted by molar-refractivity contribution is -0.384. The first kappa shape index (κ1) is 24.0. The van der Waals surface area contributed by atoms with Crippen LogP contribution in [0.15, 0.2) is 84.9 Å². The fraction of sp³-hybridized carbons (Fsp3) is 0.258. The van der Waals surface area contributed by atoms with Gasteiger partial charge in [-0.15, -0.1) is 0 Å². The van der Waals surface area contributed by atoms with Crippen LogP contribution in [0.25, 0.3) is 11.1 Å². The Morgan fingerprint density at radius 1 is 0.737 bits per heavy atom. The first-order chi connectivity index (χ1) is 18.3. The van der Waals surface area contributed by atoms with Crippen molar-refractivity contribution in [2.75, 3.05) is 4.90 Å². The van der Waals surface area contributed by atoms with E-state index in [1.807, 2.05) is 74.5 Å². The number of hydrogen-bond donors (Lipinski definition) is 0. The van der Waals surface area contributed by atoms with Crippen molar-refractivity contribution in [3.63, 3.8) is 0 Å². The van der Waals surface area contributed by atoms with Gasteiger partial charge in [-0.05, 0) is 41.2 Å². The summed E-state index contributed by atoms with van der Waals surface area (Å²) in [6.45, 7) is 3.82. The number of rotatable bonds is 6. The summed E-state index contributed by atoms with van der Waals surface area (Å²) in [6.07, 6.45) is 0.716. The summed E-state index contributed by atoms with van der Waals surface area (Å²) in [4.78, 5) is 55.1. The molecular weight excluding hydrogens is 480 g/mol. The SMILES string of the molecule is CC[C@]12C(=O)[C@](CC)(C(c3ccccc3)=C1c1ccccc1)[C@H]1C(=O)N(c3cccc([N+](=O)[O-])c3)C(=O)[C@@H]12.